The van der Waals surface area contributed by atoms with Gasteiger partial charge in [-0.05, 0) is 44.0 Å². The Bertz CT molecular complexity index is 895. The highest BCUT2D eigenvalue weighted by molar-refractivity contribution is 5.97. The summed E-state index contributed by atoms with van der Waals surface area (Å²) in [5, 5.41) is 3.84. The maximum Gasteiger partial charge on any atom is 0.287 e. The van der Waals surface area contributed by atoms with Crippen LogP contribution in [-0.2, 0) is 0 Å². The third kappa shape index (κ3) is 3.00. The summed E-state index contributed by atoms with van der Waals surface area (Å²) in [5.41, 5.74) is 4.06. The summed E-state index contributed by atoms with van der Waals surface area (Å²) in [7, 11) is 1.58. The van der Waals surface area contributed by atoms with Gasteiger partial charge in [-0.25, -0.2) is 0 Å². The first-order valence-corrected chi connectivity index (χ1v) is 7.94. The molecule has 4 nitrogen and oxygen atoms in total. The average molecular weight is 323 g/mol. The van der Waals surface area contributed by atoms with Crippen LogP contribution in [0.25, 0.3) is 11.0 Å². The second-order valence-electron chi connectivity index (χ2n) is 6.04. The number of fused-ring (bicyclic) bond motifs is 1. The van der Waals surface area contributed by atoms with Crippen LogP contribution in [0.1, 0.15) is 40.2 Å². The van der Waals surface area contributed by atoms with E-state index < -0.39 is 0 Å². The van der Waals surface area contributed by atoms with Gasteiger partial charge in [-0.2, -0.15) is 0 Å². The highest BCUT2D eigenvalue weighted by Crippen LogP contribution is 2.28. The highest BCUT2D eigenvalue weighted by atomic mass is 16.5. The van der Waals surface area contributed by atoms with Gasteiger partial charge in [-0.1, -0.05) is 35.9 Å². The molecule has 2 aromatic carbocycles. The molecule has 0 bridgehead atoms. The minimum atomic E-state index is -0.235. The highest BCUT2D eigenvalue weighted by Gasteiger charge is 2.18. The van der Waals surface area contributed by atoms with Gasteiger partial charge in [0.15, 0.2) is 17.1 Å². The zero-order valence-corrected chi connectivity index (χ0v) is 14.3. The van der Waals surface area contributed by atoms with Gasteiger partial charge in [0.05, 0.1) is 13.2 Å². The number of aryl methyl sites for hydroxylation is 2. The minimum absolute atomic E-state index is 0.104. The Labute approximate surface area is 141 Å². The van der Waals surface area contributed by atoms with Crippen LogP contribution in [0.15, 0.2) is 46.9 Å². The molecule has 0 saturated carbocycles. The van der Waals surface area contributed by atoms with Crippen molar-refractivity contribution in [1.29, 1.82) is 0 Å². The van der Waals surface area contributed by atoms with Crippen molar-refractivity contribution in [3.63, 3.8) is 0 Å². The second-order valence-corrected chi connectivity index (χ2v) is 6.04. The third-order valence-corrected chi connectivity index (χ3v) is 4.19. The van der Waals surface area contributed by atoms with Crippen molar-refractivity contribution >= 4 is 16.9 Å². The third-order valence-electron chi connectivity index (χ3n) is 4.19. The predicted molar refractivity (Wildman–Crippen MR) is 94.6 cm³/mol. The predicted octanol–water partition coefficient (Wildman–Crippen LogP) is 4.55. The van der Waals surface area contributed by atoms with E-state index in [1.54, 1.807) is 13.2 Å². The van der Waals surface area contributed by atoms with E-state index in [9.17, 15) is 4.79 Å². The van der Waals surface area contributed by atoms with Crippen LogP contribution in [0, 0.1) is 13.8 Å². The second kappa shape index (κ2) is 6.40. The molecule has 0 aliphatic carbocycles. The van der Waals surface area contributed by atoms with Crippen molar-refractivity contribution in [1.82, 2.24) is 5.32 Å². The fourth-order valence-electron chi connectivity index (χ4n) is 2.97. The van der Waals surface area contributed by atoms with E-state index in [1.807, 2.05) is 25.1 Å². The number of hydrogen-bond acceptors (Lipinski definition) is 3. The molecular formula is C20H21NO3. The fraction of sp³-hybridized carbons (Fsp3) is 0.250. The van der Waals surface area contributed by atoms with Gasteiger partial charge in [0, 0.05) is 5.39 Å². The van der Waals surface area contributed by atoms with Crippen LogP contribution >= 0.6 is 0 Å². The zero-order chi connectivity index (χ0) is 17.3. The standard InChI is InChI=1S/C20H21NO3/c1-12-8-9-16(13(2)10-12)14(3)21-20(22)18-11-15-6-5-7-17(23-4)19(15)24-18/h5-11,14H,1-4H3,(H,21,22). The van der Waals surface area contributed by atoms with Gasteiger partial charge < -0.3 is 14.5 Å². The molecule has 1 amide bonds. The van der Waals surface area contributed by atoms with Crippen LogP contribution in [0.2, 0.25) is 0 Å². The molecule has 0 aliphatic rings. The molecule has 0 saturated heterocycles. The first kappa shape index (κ1) is 16.1. The van der Waals surface area contributed by atoms with Crippen molar-refractivity contribution < 1.29 is 13.9 Å². The number of rotatable bonds is 4. The molecule has 0 radical (unpaired) electrons. The summed E-state index contributed by atoms with van der Waals surface area (Å²) < 4.78 is 11.0. The van der Waals surface area contributed by atoms with Gasteiger partial charge in [0.1, 0.15) is 0 Å². The number of methoxy groups -OCH3 is 1. The molecule has 1 N–H and O–H groups in total. The van der Waals surface area contributed by atoms with Gasteiger partial charge in [-0.3, -0.25) is 4.79 Å². The molecule has 1 atom stereocenters. The number of carbonyl (C=O) groups excluding carboxylic acids is 1. The van der Waals surface area contributed by atoms with E-state index in [2.05, 4.69) is 37.4 Å². The van der Waals surface area contributed by atoms with E-state index >= 15 is 0 Å². The van der Waals surface area contributed by atoms with Crippen LogP contribution in [-0.4, -0.2) is 13.0 Å². The fourth-order valence-corrected chi connectivity index (χ4v) is 2.97. The monoisotopic (exact) mass is 323 g/mol. The summed E-state index contributed by atoms with van der Waals surface area (Å²) in [6, 6.07) is 13.4. The lowest BCUT2D eigenvalue weighted by Gasteiger charge is -2.16. The van der Waals surface area contributed by atoms with Crippen molar-refractivity contribution in [2.45, 2.75) is 26.8 Å². The summed E-state index contributed by atoms with van der Waals surface area (Å²) in [6.45, 7) is 6.08. The Kier molecular flexibility index (Phi) is 4.30. The largest absolute Gasteiger partial charge is 0.493 e. The van der Waals surface area contributed by atoms with Crippen LogP contribution in [0.3, 0.4) is 0 Å². The van der Waals surface area contributed by atoms with Crippen molar-refractivity contribution in [3.05, 3.63) is 64.9 Å². The topological polar surface area (TPSA) is 51.5 Å². The molecule has 124 valence electrons. The number of carbonyl (C=O) groups is 1. The van der Waals surface area contributed by atoms with Gasteiger partial charge in [0.2, 0.25) is 0 Å². The molecule has 1 aromatic heterocycles. The molecule has 0 spiro atoms. The number of ether oxygens (including phenoxy) is 1. The van der Waals surface area contributed by atoms with E-state index in [4.69, 9.17) is 9.15 Å². The maximum absolute atomic E-state index is 12.5. The normalized spacial score (nSPS) is 12.2. The number of benzene rings is 2. The lowest BCUT2D eigenvalue weighted by molar-refractivity contribution is 0.0914. The van der Waals surface area contributed by atoms with Gasteiger partial charge >= 0.3 is 0 Å². The molecule has 4 heteroatoms. The molecule has 0 aliphatic heterocycles. The maximum atomic E-state index is 12.5. The molecule has 3 aromatic rings. The molecule has 0 fully saturated rings. The van der Waals surface area contributed by atoms with Crippen molar-refractivity contribution in [2.75, 3.05) is 7.11 Å². The van der Waals surface area contributed by atoms with Crippen LogP contribution in [0.5, 0.6) is 5.75 Å². The Balaban J connectivity index is 1.84. The first-order chi connectivity index (χ1) is 11.5. The smallest absolute Gasteiger partial charge is 0.287 e. The van der Waals surface area contributed by atoms with Crippen LogP contribution < -0.4 is 10.1 Å². The minimum Gasteiger partial charge on any atom is -0.493 e. The van der Waals surface area contributed by atoms with Crippen molar-refractivity contribution in [2.24, 2.45) is 0 Å². The number of hydrogen-bond donors (Lipinski definition) is 1. The van der Waals surface area contributed by atoms with E-state index in [0.717, 1.165) is 16.5 Å². The summed E-state index contributed by atoms with van der Waals surface area (Å²) in [4.78, 5) is 12.5. The SMILES string of the molecule is COc1cccc2cc(C(=O)NC(C)c3ccc(C)cc3C)oc12. The molecule has 24 heavy (non-hydrogen) atoms. The Hall–Kier alpha value is -2.75. The number of amides is 1. The van der Waals surface area contributed by atoms with E-state index in [0.29, 0.717) is 11.3 Å². The Morgan fingerprint density at radius 1 is 1.17 bits per heavy atom. The van der Waals surface area contributed by atoms with Gasteiger partial charge in [0.25, 0.3) is 5.91 Å². The Morgan fingerprint density at radius 3 is 2.67 bits per heavy atom. The summed E-state index contributed by atoms with van der Waals surface area (Å²) in [5.74, 6) is 0.667. The van der Waals surface area contributed by atoms with Gasteiger partial charge in [-0.15, -0.1) is 0 Å². The Morgan fingerprint density at radius 2 is 1.96 bits per heavy atom. The molecule has 3 rings (SSSR count). The van der Waals surface area contributed by atoms with E-state index in [1.165, 1.54) is 5.56 Å². The average Bonchev–Trinajstić information content (AvgIpc) is 2.98. The number of nitrogens with one attached hydrogen (secondary N) is 1. The molecule has 1 unspecified atom stereocenters. The van der Waals surface area contributed by atoms with Crippen LogP contribution in [0.4, 0.5) is 0 Å². The van der Waals surface area contributed by atoms with Crippen molar-refractivity contribution in [3.8, 4) is 5.75 Å². The number of para-hydroxylation sites is 1. The number of furan rings is 1. The lowest BCUT2D eigenvalue weighted by Crippen LogP contribution is -2.26. The molecular weight excluding hydrogens is 302 g/mol. The molecule has 1 heterocycles. The zero-order valence-electron chi connectivity index (χ0n) is 14.3. The quantitative estimate of drug-likeness (QED) is 0.766. The summed E-state index contributed by atoms with van der Waals surface area (Å²) in [6.07, 6.45) is 0. The summed E-state index contributed by atoms with van der Waals surface area (Å²) >= 11 is 0. The lowest BCUT2D eigenvalue weighted by atomic mass is 10.0. The van der Waals surface area contributed by atoms with E-state index in [-0.39, 0.29) is 17.7 Å². The first-order valence-electron chi connectivity index (χ1n) is 7.94.